The lowest BCUT2D eigenvalue weighted by molar-refractivity contribution is 0.0341. The normalized spacial score (nSPS) is 14.9. The van der Waals surface area contributed by atoms with E-state index in [0.717, 1.165) is 62.5 Å². The standard InChI is InChI=1S/C22H29ClN4O.HI/c1-2-24-22(25-15-18-7-9-21(23)10-8-18)26-16-19-5-3-4-6-20(19)17-27-11-13-28-14-12-27;/h3-10H,2,11-17H2,1H3,(H2,24,25,26);1H. The Morgan fingerprint density at radius 2 is 1.72 bits per heavy atom. The molecule has 0 aliphatic carbocycles. The van der Waals surface area contributed by atoms with E-state index in [1.165, 1.54) is 11.1 Å². The van der Waals surface area contributed by atoms with Crippen molar-refractivity contribution in [2.45, 2.75) is 26.6 Å². The lowest BCUT2D eigenvalue weighted by Crippen LogP contribution is -2.38. The number of nitrogens with one attached hydrogen (secondary N) is 2. The third kappa shape index (κ3) is 8.12. The van der Waals surface area contributed by atoms with Crippen molar-refractivity contribution < 1.29 is 4.74 Å². The minimum Gasteiger partial charge on any atom is -0.379 e. The SMILES string of the molecule is CCNC(=NCc1ccc(Cl)cc1)NCc1ccccc1CN1CCOCC1.I. The highest BCUT2D eigenvalue weighted by Gasteiger charge is 2.12. The Hall–Kier alpha value is -1.35. The van der Waals surface area contributed by atoms with Gasteiger partial charge < -0.3 is 15.4 Å². The van der Waals surface area contributed by atoms with Gasteiger partial charge in [0.05, 0.1) is 19.8 Å². The number of nitrogens with zero attached hydrogens (tertiary/aromatic N) is 2. The van der Waals surface area contributed by atoms with Crippen molar-refractivity contribution in [1.82, 2.24) is 15.5 Å². The van der Waals surface area contributed by atoms with Gasteiger partial charge in [-0.3, -0.25) is 4.90 Å². The summed E-state index contributed by atoms with van der Waals surface area (Å²) in [6.07, 6.45) is 0. The average Bonchev–Trinajstić information content (AvgIpc) is 2.73. The molecule has 1 heterocycles. The Morgan fingerprint density at radius 1 is 1.03 bits per heavy atom. The van der Waals surface area contributed by atoms with E-state index in [-0.39, 0.29) is 24.0 Å². The second kappa shape index (κ2) is 13.1. The van der Waals surface area contributed by atoms with Gasteiger partial charge in [0.1, 0.15) is 0 Å². The molecule has 7 heteroatoms. The Morgan fingerprint density at radius 3 is 2.41 bits per heavy atom. The van der Waals surface area contributed by atoms with Gasteiger partial charge in [0.25, 0.3) is 0 Å². The summed E-state index contributed by atoms with van der Waals surface area (Å²) in [5.74, 6) is 0.818. The molecular formula is C22H30ClIN4O. The summed E-state index contributed by atoms with van der Waals surface area (Å²) >= 11 is 5.96. The van der Waals surface area contributed by atoms with E-state index < -0.39 is 0 Å². The van der Waals surface area contributed by atoms with E-state index in [1.807, 2.05) is 24.3 Å². The molecule has 1 aliphatic heterocycles. The zero-order valence-electron chi connectivity index (χ0n) is 16.9. The molecule has 0 atom stereocenters. The predicted octanol–water partition coefficient (Wildman–Crippen LogP) is 4.05. The van der Waals surface area contributed by atoms with Crippen LogP contribution >= 0.6 is 35.6 Å². The minimum atomic E-state index is 0. The van der Waals surface area contributed by atoms with Gasteiger partial charge in [-0.1, -0.05) is 48.0 Å². The van der Waals surface area contributed by atoms with E-state index in [1.54, 1.807) is 0 Å². The maximum atomic E-state index is 5.96. The Labute approximate surface area is 195 Å². The Balaban J connectivity index is 0.00000300. The van der Waals surface area contributed by atoms with Crippen LogP contribution in [-0.2, 0) is 24.4 Å². The summed E-state index contributed by atoms with van der Waals surface area (Å²) < 4.78 is 5.46. The summed E-state index contributed by atoms with van der Waals surface area (Å²) in [6.45, 7) is 8.84. The van der Waals surface area contributed by atoms with Crippen molar-refractivity contribution in [2.24, 2.45) is 4.99 Å². The molecule has 158 valence electrons. The van der Waals surface area contributed by atoms with Gasteiger partial charge in [0, 0.05) is 37.7 Å². The van der Waals surface area contributed by atoms with Gasteiger partial charge in [-0.05, 0) is 35.7 Å². The molecule has 0 spiro atoms. The van der Waals surface area contributed by atoms with Crippen LogP contribution in [0.3, 0.4) is 0 Å². The summed E-state index contributed by atoms with van der Waals surface area (Å²) in [4.78, 5) is 7.14. The summed E-state index contributed by atoms with van der Waals surface area (Å²) in [5.41, 5.74) is 3.78. The topological polar surface area (TPSA) is 48.9 Å². The molecule has 1 fully saturated rings. The fraction of sp³-hybridized carbons (Fsp3) is 0.409. The maximum absolute atomic E-state index is 5.96. The first-order chi connectivity index (χ1) is 13.7. The van der Waals surface area contributed by atoms with Gasteiger partial charge in [-0.25, -0.2) is 4.99 Å². The third-order valence-electron chi connectivity index (χ3n) is 4.74. The first kappa shape index (κ1) is 23.9. The molecule has 0 aromatic heterocycles. The molecule has 2 aromatic carbocycles. The van der Waals surface area contributed by atoms with E-state index in [0.29, 0.717) is 6.54 Å². The van der Waals surface area contributed by atoms with Gasteiger partial charge >= 0.3 is 0 Å². The van der Waals surface area contributed by atoms with Gasteiger partial charge in [0.15, 0.2) is 5.96 Å². The van der Waals surface area contributed by atoms with E-state index >= 15 is 0 Å². The molecule has 1 aliphatic rings. The molecule has 2 N–H and O–H groups in total. The van der Waals surface area contributed by atoms with Crippen molar-refractivity contribution in [1.29, 1.82) is 0 Å². The van der Waals surface area contributed by atoms with Crippen LogP contribution in [0, 0.1) is 0 Å². The Kier molecular flexibility index (Phi) is 10.8. The second-order valence-electron chi connectivity index (χ2n) is 6.83. The van der Waals surface area contributed by atoms with Crippen LogP contribution in [0.15, 0.2) is 53.5 Å². The summed E-state index contributed by atoms with van der Waals surface area (Å²) in [6, 6.07) is 16.4. The van der Waals surface area contributed by atoms with Crippen molar-refractivity contribution in [3.8, 4) is 0 Å². The molecule has 2 aromatic rings. The zero-order valence-corrected chi connectivity index (χ0v) is 20.0. The lowest BCUT2D eigenvalue weighted by Gasteiger charge is -2.27. The van der Waals surface area contributed by atoms with Crippen molar-refractivity contribution >= 4 is 41.5 Å². The molecule has 0 amide bonds. The summed E-state index contributed by atoms with van der Waals surface area (Å²) in [5, 5.41) is 7.53. The molecule has 0 saturated carbocycles. The molecule has 1 saturated heterocycles. The highest BCUT2D eigenvalue weighted by atomic mass is 127. The minimum absolute atomic E-state index is 0. The largest absolute Gasteiger partial charge is 0.379 e. The van der Waals surface area contributed by atoms with Gasteiger partial charge in [-0.2, -0.15) is 0 Å². The number of hydrogen-bond donors (Lipinski definition) is 2. The van der Waals surface area contributed by atoms with Crippen LogP contribution in [0.25, 0.3) is 0 Å². The van der Waals surface area contributed by atoms with E-state index in [2.05, 4.69) is 46.7 Å². The van der Waals surface area contributed by atoms with Crippen molar-refractivity contribution in [3.63, 3.8) is 0 Å². The van der Waals surface area contributed by atoms with Crippen molar-refractivity contribution in [2.75, 3.05) is 32.8 Å². The predicted molar refractivity (Wildman–Crippen MR) is 131 cm³/mol. The zero-order chi connectivity index (χ0) is 19.6. The highest BCUT2D eigenvalue weighted by Crippen LogP contribution is 2.13. The van der Waals surface area contributed by atoms with Crippen LogP contribution in [0.4, 0.5) is 0 Å². The number of halogens is 2. The molecule has 29 heavy (non-hydrogen) atoms. The fourth-order valence-corrected chi connectivity index (χ4v) is 3.29. The molecule has 3 rings (SSSR count). The summed E-state index contributed by atoms with van der Waals surface area (Å²) in [7, 11) is 0. The number of morpholine rings is 1. The highest BCUT2D eigenvalue weighted by molar-refractivity contribution is 14.0. The number of guanidine groups is 1. The second-order valence-corrected chi connectivity index (χ2v) is 7.27. The smallest absolute Gasteiger partial charge is 0.191 e. The Bertz CT molecular complexity index is 764. The van der Waals surface area contributed by atoms with E-state index in [9.17, 15) is 0 Å². The fourth-order valence-electron chi connectivity index (χ4n) is 3.17. The maximum Gasteiger partial charge on any atom is 0.191 e. The third-order valence-corrected chi connectivity index (χ3v) is 4.99. The van der Waals surface area contributed by atoms with Crippen molar-refractivity contribution in [3.05, 3.63) is 70.2 Å². The molecule has 5 nitrogen and oxygen atoms in total. The van der Waals surface area contributed by atoms with E-state index in [4.69, 9.17) is 21.3 Å². The molecule has 0 bridgehead atoms. The van der Waals surface area contributed by atoms with Crippen LogP contribution in [0.5, 0.6) is 0 Å². The molecule has 0 unspecified atom stereocenters. The number of rotatable bonds is 7. The van der Waals surface area contributed by atoms with Crippen LogP contribution in [-0.4, -0.2) is 43.7 Å². The van der Waals surface area contributed by atoms with Gasteiger partial charge in [0.2, 0.25) is 0 Å². The molecule has 0 radical (unpaired) electrons. The average molecular weight is 529 g/mol. The molecular weight excluding hydrogens is 499 g/mol. The number of aliphatic imine (C=N–C) groups is 1. The van der Waals surface area contributed by atoms with Crippen LogP contribution in [0.1, 0.15) is 23.6 Å². The number of ether oxygens (including phenoxy) is 1. The number of hydrogen-bond acceptors (Lipinski definition) is 3. The first-order valence-electron chi connectivity index (χ1n) is 9.88. The number of benzene rings is 2. The van der Waals surface area contributed by atoms with Crippen LogP contribution < -0.4 is 10.6 Å². The lowest BCUT2D eigenvalue weighted by atomic mass is 10.1. The van der Waals surface area contributed by atoms with Crippen LogP contribution in [0.2, 0.25) is 5.02 Å². The van der Waals surface area contributed by atoms with Gasteiger partial charge in [-0.15, -0.1) is 24.0 Å². The quantitative estimate of drug-likeness (QED) is 0.324. The monoisotopic (exact) mass is 528 g/mol. The first-order valence-corrected chi connectivity index (χ1v) is 10.3.